The van der Waals surface area contributed by atoms with Gasteiger partial charge >= 0.3 is 6.03 Å². The second-order valence-electron chi connectivity index (χ2n) is 5.87. The maximum Gasteiger partial charge on any atom is 0.319 e. The molecule has 0 aliphatic carbocycles. The Morgan fingerprint density at radius 1 is 1.32 bits per heavy atom. The van der Waals surface area contributed by atoms with Crippen molar-refractivity contribution in [2.24, 2.45) is 0 Å². The molecule has 0 atom stereocenters. The van der Waals surface area contributed by atoms with Gasteiger partial charge in [0.15, 0.2) is 9.84 Å². The molecule has 0 aliphatic heterocycles. The van der Waals surface area contributed by atoms with Crippen LogP contribution in [0.4, 0.5) is 10.5 Å². The molecule has 8 heteroatoms. The minimum absolute atomic E-state index is 0.181. The Hall–Kier alpha value is -2.35. The van der Waals surface area contributed by atoms with Crippen LogP contribution in [0.2, 0.25) is 0 Å². The molecule has 0 bridgehead atoms. The average Bonchev–Trinajstić information content (AvgIpc) is 3.00. The fraction of sp³-hybridized carbons (Fsp3) is 0.412. The summed E-state index contributed by atoms with van der Waals surface area (Å²) in [7, 11) is -3.31. The topological polar surface area (TPSA) is 93.1 Å². The molecule has 2 rings (SSSR count). The van der Waals surface area contributed by atoms with Gasteiger partial charge in [0.05, 0.1) is 4.90 Å². The zero-order chi connectivity index (χ0) is 18.4. The predicted octanol–water partition coefficient (Wildman–Crippen LogP) is 2.37. The number of benzene rings is 1. The first-order valence-corrected chi connectivity index (χ1v) is 10.1. The van der Waals surface area contributed by atoms with Crippen LogP contribution in [-0.2, 0) is 22.8 Å². The maximum atomic E-state index is 12.0. The van der Waals surface area contributed by atoms with Crippen LogP contribution in [0.5, 0.6) is 0 Å². The van der Waals surface area contributed by atoms with Gasteiger partial charge in [-0.25, -0.2) is 18.2 Å². The van der Waals surface area contributed by atoms with Crippen LogP contribution >= 0.6 is 0 Å². The van der Waals surface area contributed by atoms with E-state index < -0.39 is 9.84 Å². The van der Waals surface area contributed by atoms with E-state index >= 15 is 0 Å². The molecule has 0 radical (unpaired) electrons. The number of nitrogens with one attached hydrogen (secondary N) is 2. The summed E-state index contributed by atoms with van der Waals surface area (Å²) in [6.07, 6.45) is 6.49. The summed E-state index contributed by atoms with van der Waals surface area (Å²) in [4.78, 5) is 16.5. The molecule has 0 saturated heterocycles. The first kappa shape index (κ1) is 19.0. The second kappa shape index (κ2) is 8.15. The number of imidazole rings is 1. The van der Waals surface area contributed by atoms with Crippen LogP contribution in [0.25, 0.3) is 0 Å². The van der Waals surface area contributed by atoms with E-state index in [1.807, 2.05) is 13.1 Å². The lowest BCUT2D eigenvalue weighted by molar-refractivity contribution is 0.251. The first-order chi connectivity index (χ1) is 11.8. The molecule has 2 N–H and O–H groups in total. The molecule has 1 aromatic carbocycles. The van der Waals surface area contributed by atoms with Gasteiger partial charge in [-0.2, -0.15) is 0 Å². The number of rotatable bonds is 7. The molecular weight excluding hydrogens is 340 g/mol. The van der Waals surface area contributed by atoms with Gasteiger partial charge in [-0.05, 0) is 31.0 Å². The summed E-state index contributed by atoms with van der Waals surface area (Å²) in [6, 6.07) is 4.33. The van der Waals surface area contributed by atoms with Gasteiger partial charge in [-0.1, -0.05) is 13.0 Å². The predicted molar refractivity (Wildman–Crippen MR) is 97.5 cm³/mol. The number of hydrogen-bond donors (Lipinski definition) is 2. The van der Waals surface area contributed by atoms with Gasteiger partial charge in [-0.15, -0.1) is 0 Å². The Labute approximate surface area is 148 Å². The van der Waals surface area contributed by atoms with Gasteiger partial charge in [0, 0.05) is 43.8 Å². The molecule has 0 saturated carbocycles. The van der Waals surface area contributed by atoms with Crippen LogP contribution in [0.15, 0.2) is 35.5 Å². The Kier molecular flexibility index (Phi) is 6.19. The number of urea groups is 1. The summed E-state index contributed by atoms with van der Waals surface area (Å²) >= 11 is 0. The number of carbonyl (C=O) groups is 1. The van der Waals surface area contributed by atoms with Gasteiger partial charge < -0.3 is 15.2 Å². The zero-order valence-electron chi connectivity index (χ0n) is 14.7. The monoisotopic (exact) mass is 364 g/mol. The summed E-state index contributed by atoms with van der Waals surface area (Å²) < 4.78 is 25.3. The molecule has 25 heavy (non-hydrogen) atoms. The Bertz CT molecular complexity index is 843. The average molecular weight is 364 g/mol. The molecule has 0 fully saturated rings. The maximum absolute atomic E-state index is 12.0. The van der Waals surface area contributed by atoms with Crippen molar-refractivity contribution in [3.63, 3.8) is 0 Å². The molecular formula is C17H24N4O3S. The van der Waals surface area contributed by atoms with Gasteiger partial charge in [-0.3, -0.25) is 0 Å². The molecule has 0 aliphatic rings. The fourth-order valence-electron chi connectivity index (χ4n) is 2.44. The minimum Gasteiger partial charge on any atom is -0.338 e. The Morgan fingerprint density at radius 3 is 2.76 bits per heavy atom. The van der Waals surface area contributed by atoms with Crippen LogP contribution < -0.4 is 10.6 Å². The first-order valence-electron chi connectivity index (χ1n) is 8.17. The summed E-state index contributed by atoms with van der Waals surface area (Å²) in [6.45, 7) is 5.16. The highest BCUT2D eigenvalue weighted by Gasteiger charge is 2.11. The van der Waals surface area contributed by atoms with E-state index in [-0.39, 0.29) is 10.9 Å². The van der Waals surface area contributed by atoms with Crippen LogP contribution in [0, 0.1) is 6.92 Å². The molecule has 0 unspecified atom stereocenters. The van der Waals surface area contributed by atoms with E-state index in [0.29, 0.717) is 12.2 Å². The normalized spacial score (nSPS) is 11.3. The third kappa shape index (κ3) is 5.32. The number of anilines is 1. The molecule has 0 spiro atoms. The van der Waals surface area contributed by atoms with Crippen molar-refractivity contribution in [3.8, 4) is 0 Å². The molecule has 136 valence electrons. The van der Waals surface area contributed by atoms with E-state index in [0.717, 1.165) is 37.0 Å². The van der Waals surface area contributed by atoms with Crippen molar-refractivity contribution in [2.45, 2.75) is 38.1 Å². The van der Waals surface area contributed by atoms with E-state index in [9.17, 15) is 13.2 Å². The van der Waals surface area contributed by atoms with Crippen LogP contribution in [0.3, 0.4) is 0 Å². The SMILES string of the molecule is CCc1nccn1CCCNC(=O)Nc1cc(S(C)(=O)=O)ccc1C. The van der Waals surface area contributed by atoms with Crippen LogP contribution in [-0.4, -0.2) is 36.8 Å². The molecule has 2 aromatic rings. The van der Waals surface area contributed by atoms with Crippen molar-refractivity contribution in [2.75, 3.05) is 18.1 Å². The van der Waals surface area contributed by atoms with E-state index in [1.54, 1.807) is 12.3 Å². The van der Waals surface area contributed by atoms with E-state index in [2.05, 4.69) is 27.1 Å². The third-order valence-corrected chi connectivity index (χ3v) is 4.97. The molecule has 1 heterocycles. The number of amides is 2. The molecule has 1 aromatic heterocycles. The number of carbonyl (C=O) groups excluding carboxylic acids is 1. The van der Waals surface area contributed by atoms with Gasteiger partial charge in [0.25, 0.3) is 0 Å². The highest BCUT2D eigenvalue weighted by atomic mass is 32.2. The standard InChI is InChI=1S/C17H24N4O3S/c1-4-16-18-9-11-21(16)10-5-8-19-17(22)20-15-12-14(25(3,23)24)7-6-13(15)2/h6-7,9,11-12H,4-5,8,10H2,1-3H3,(H2,19,20,22). The summed E-state index contributed by atoms with van der Waals surface area (Å²) in [5, 5.41) is 5.49. The van der Waals surface area contributed by atoms with Gasteiger partial charge in [0.1, 0.15) is 5.82 Å². The Morgan fingerprint density at radius 2 is 2.08 bits per heavy atom. The quantitative estimate of drug-likeness (QED) is 0.738. The number of nitrogens with zero attached hydrogens (tertiary/aromatic N) is 2. The van der Waals surface area contributed by atoms with Crippen molar-refractivity contribution >= 4 is 21.6 Å². The lowest BCUT2D eigenvalue weighted by atomic mass is 10.2. The summed E-state index contributed by atoms with van der Waals surface area (Å²) in [5.41, 5.74) is 1.29. The van der Waals surface area contributed by atoms with Crippen molar-refractivity contribution in [1.29, 1.82) is 0 Å². The molecule has 2 amide bonds. The highest BCUT2D eigenvalue weighted by molar-refractivity contribution is 7.90. The van der Waals surface area contributed by atoms with Crippen molar-refractivity contribution in [1.82, 2.24) is 14.9 Å². The van der Waals surface area contributed by atoms with E-state index in [1.165, 1.54) is 12.1 Å². The lowest BCUT2D eigenvalue weighted by Gasteiger charge is -2.12. The van der Waals surface area contributed by atoms with Gasteiger partial charge in [0.2, 0.25) is 0 Å². The van der Waals surface area contributed by atoms with Crippen molar-refractivity contribution < 1.29 is 13.2 Å². The zero-order valence-corrected chi connectivity index (χ0v) is 15.6. The number of sulfone groups is 1. The molecule has 7 nitrogen and oxygen atoms in total. The second-order valence-corrected chi connectivity index (χ2v) is 7.89. The van der Waals surface area contributed by atoms with E-state index in [4.69, 9.17) is 0 Å². The number of aryl methyl sites for hydroxylation is 3. The van der Waals surface area contributed by atoms with Crippen molar-refractivity contribution in [3.05, 3.63) is 42.0 Å². The lowest BCUT2D eigenvalue weighted by Crippen LogP contribution is -2.30. The smallest absolute Gasteiger partial charge is 0.319 e. The van der Waals surface area contributed by atoms with Crippen LogP contribution in [0.1, 0.15) is 24.7 Å². The largest absolute Gasteiger partial charge is 0.338 e. The highest BCUT2D eigenvalue weighted by Crippen LogP contribution is 2.20. The Balaban J connectivity index is 1.86. The fourth-order valence-corrected chi connectivity index (χ4v) is 3.09. The third-order valence-electron chi connectivity index (χ3n) is 3.86. The number of hydrogen-bond acceptors (Lipinski definition) is 4. The minimum atomic E-state index is -3.31. The number of aromatic nitrogens is 2. The summed E-state index contributed by atoms with van der Waals surface area (Å²) in [5.74, 6) is 1.03.